The first-order chi connectivity index (χ1) is 19.9. The van der Waals surface area contributed by atoms with E-state index in [0.29, 0.717) is 12.1 Å². The Kier molecular flexibility index (Phi) is 6.41. The number of carbonyl (C=O) groups is 2. The Morgan fingerprint density at radius 3 is 2.52 bits per heavy atom. The van der Waals surface area contributed by atoms with E-state index in [2.05, 4.69) is 20.7 Å². The first-order valence-electron chi connectivity index (χ1n) is 12.0. The molecular weight excluding hydrogens is 588 g/mol. The molecule has 0 saturated carbocycles. The maximum atomic E-state index is 15.1. The van der Waals surface area contributed by atoms with Gasteiger partial charge in [-0.25, -0.2) is 22.7 Å². The van der Waals surface area contributed by atoms with E-state index in [1.807, 2.05) is 0 Å². The summed E-state index contributed by atoms with van der Waals surface area (Å²) in [4.78, 5) is 30.4. The zero-order valence-electron chi connectivity index (χ0n) is 20.7. The summed E-state index contributed by atoms with van der Waals surface area (Å²) < 4.78 is 84.5. The summed E-state index contributed by atoms with van der Waals surface area (Å²) in [6.07, 6.45) is -2.70. The van der Waals surface area contributed by atoms with Gasteiger partial charge in [-0.3, -0.25) is 9.59 Å². The van der Waals surface area contributed by atoms with Gasteiger partial charge in [0, 0.05) is 38.5 Å². The minimum absolute atomic E-state index is 0.0426. The number of nitrogens with one attached hydrogen (secondary N) is 2. The fourth-order valence-corrected chi connectivity index (χ4v) is 5.02. The lowest BCUT2D eigenvalue weighted by molar-refractivity contribution is -0.137. The van der Waals surface area contributed by atoms with Gasteiger partial charge in [0.15, 0.2) is 5.65 Å². The van der Waals surface area contributed by atoms with Gasteiger partial charge in [0.2, 0.25) is 0 Å². The number of anilines is 1. The number of rotatable bonds is 4. The van der Waals surface area contributed by atoms with E-state index >= 15 is 4.39 Å². The average Bonchev–Trinajstić information content (AvgIpc) is 3.52. The highest BCUT2D eigenvalue weighted by atomic mass is 35.5. The summed E-state index contributed by atoms with van der Waals surface area (Å²) in [7, 11) is 0. The molecule has 0 spiro atoms. The molecule has 2 aromatic heterocycles. The van der Waals surface area contributed by atoms with Crippen LogP contribution in [0.1, 0.15) is 43.4 Å². The van der Waals surface area contributed by atoms with Crippen molar-refractivity contribution in [1.82, 2.24) is 19.9 Å². The van der Waals surface area contributed by atoms with Crippen LogP contribution in [0.5, 0.6) is 0 Å². The highest BCUT2D eigenvalue weighted by Gasteiger charge is 2.36. The average molecular weight is 602 g/mol. The van der Waals surface area contributed by atoms with Crippen LogP contribution >= 0.6 is 11.6 Å². The predicted octanol–water partition coefficient (Wildman–Crippen LogP) is 6.57. The van der Waals surface area contributed by atoms with Gasteiger partial charge in [0.1, 0.15) is 23.8 Å². The Hall–Kier alpha value is -4.91. The molecule has 2 N–H and O–H groups in total. The predicted molar refractivity (Wildman–Crippen MR) is 138 cm³/mol. The van der Waals surface area contributed by atoms with Crippen LogP contribution in [0.3, 0.4) is 0 Å². The largest absolute Gasteiger partial charge is 0.416 e. The zero-order chi connectivity index (χ0) is 29.9. The molecule has 0 unspecified atom stereocenters. The topological polar surface area (TPSA) is 88.4 Å². The van der Waals surface area contributed by atoms with E-state index in [-0.39, 0.29) is 50.2 Å². The van der Waals surface area contributed by atoms with Gasteiger partial charge in [0.25, 0.3) is 11.8 Å². The van der Waals surface area contributed by atoms with E-state index in [1.54, 1.807) is 0 Å². The summed E-state index contributed by atoms with van der Waals surface area (Å²) in [5.41, 5.74) is -1.76. The number of carbonyl (C=O) groups excluding carboxylic acids is 2. The van der Waals surface area contributed by atoms with Crippen molar-refractivity contribution in [1.29, 1.82) is 0 Å². The molecule has 42 heavy (non-hydrogen) atoms. The van der Waals surface area contributed by atoms with Crippen molar-refractivity contribution < 1.29 is 35.9 Å². The Morgan fingerprint density at radius 2 is 1.76 bits per heavy atom. The van der Waals surface area contributed by atoms with Crippen molar-refractivity contribution >= 4 is 34.7 Å². The first-order valence-corrected chi connectivity index (χ1v) is 12.4. The van der Waals surface area contributed by atoms with E-state index in [1.165, 1.54) is 35.1 Å². The third-order valence-electron chi connectivity index (χ3n) is 6.67. The number of nitrogens with zero attached hydrogens (tertiary/aromatic N) is 3. The van der Waals surface area contributed by atoms with Crippen molar-refractivity contribution in [2.75, 3.05) is 5.32 Å². The Labute approximate surface area is 236 Å². The molecule has 1 aliphatic heterocycles. The Morgan fingerprint density at radius 1 is 0.976 bits per heavy atom. The molecule has 2 amide bonds. The van der Waals surface area contributed by atoms with Crippen LogP contribution in [0.25, 0.3) is 16.8 Å². The van der Waals surface area contributed by atoms with E-state index < -0.39 is 52.6 Å². The zero-order valence-corrected chi connectivity index (χ0v) is 21.5. The van der Waals surface area contributed by atoms with Gasteiger partial charge in [-0.2, -0.15) is 18.3 Å². The number of halogens is 7. The maximum absolute atomic E-state index is 15.1. The molecule has 1 atom stereocenters. The van der Waals surface area contributed by atoms with Crippen molar-refractivity contribution in [3.05, 3.63) is 117 Å². The standard InChI is InChI=1S/C28H14ClF6N5O2/c29-20-2-1-15(30)8-18(20)25-24-19(27(42)39-25)5-12(17-9-23-36-11-37-40(23)10-21(17)32)6-22(24)38-26(41)13-3-14(28(33,34)35)7-16(31)4-13/h1-11,25H,(H,38,41)(H,39,42)/t25-/m1/s1. The summed E-state index contributed by atoms with van der Waals surface area (Å²) >= 11 is 6.30. The summed E-state index contributed by atoms with van der Waals surface area (Å²) in [5, 5.41) is 8.99. The van der Waals surface area contributed by atoms with Gasteiger partial charge in [-0.15, -0.1) is 0 Å². The molecule has 0 aliphatic carbocycles. The molecule has 212 valence electrons. The monoisotopic (exact) mass is 601 g/mol. The van der Waals surface area contributed by atoms with Crippen molar-refractivity contribution in [2.24, 2.45) is 0 Å². The molecule has 0 fully saturated rings. The summed E-state index contributed by atoms with van der Waals surface area (Å²) in [5.74, 6) is -4.59. The molecule has 3 heterocycles. The number of benzene rings is 3. The van der Waals surface area contributed by atoms with Crippen LogP contribution in [0, 0.1) is 17.5 Å². The number of pyridine rings is 1. The Bertz CT molecular complexity index is 1940. The van der Waals surface area contributed by atoms with Crippen molar-refractivity contribution in [2.45, 2.75) is 12.2 Å². The number of hydrogen-bond acceptors (Lipinski definition) is 4. The van der Waals surface area contributed by atoms with Gasteiger partial charge >= 0.3 is 6.18 Å². The normalized spacial score (nSPS) is 14.6. The third kappa shape index (κ3) is 4.81. The van der Waals surface area contributed by atoms with E-state index in [9.17, 15) is 31.5 Å². The lowest BCUT2D eigenvalue weighted by Crippen LogP contribution is -2.21. The number of aromatic nitrogens is 3. The second-order valence-corrected chi connectivity index (χ2v) is 9.74. The molecule has 0 bridgehead atoms. The van der Waals surface area contributed by atoms with Crippen LogP contribution in [0.4, 0.5) is 32.0 Å². The molecule has 6 rings (SSSR count). The first kappa shape index (κ1) is 27.3. The molecule has 0 radical (unpaired) electrons. The summed E-state index contributed by atoms with van der Waals surface area (Å²) in [6, 6.07) is 7.59. The number of hydrogen-bond donors (Lipinski definition) is 2. The smallest absolute Gasteiger partial charge is 0.341 e. The highest BCUT2D eigenvalue weighted by molar-refractivity contribution is 6.31. The quantitative estimate of drug-likeness (QED) is 0.228. The van der Waals surface area contributed by atoms with Gasteiger partial charge in [0.05, 0.1) is 17.8 Å². The fourth-order valence-electron chi connectivity index (χ4n) is 4.80. The van der Waals surface area contributed by atoms with Crippen LogP contribution in [0.2, 0.25) is 5.02 Å². The van der Waals surface area contributed by atoms with Gasteiger partial charge in [-0.05, 0) is 60.2 Å². The maximum Gasteiger partial charge on any atom is 0.416 e. The second kappa shape index (κ2) is 9.87. The van der Waals surface area contributed by atoms with E-state index in [4.69, 9.17) is 11.6 Å². The number of amides is 2. The van der Waals surface area contributed by atoms with E-state index in [0.717, 1.165) is 18.3 Å². The fraction of sp³-hybridized carbons (Fsp3) is 0.0714. The third-order valence-corrected chi connectivity index (χ3v) is 7.02. The molecule has 7 nitrogen and oxygen atoms in total. The second-order valence-electron chi connectivity index (χ2n) is 9.34. The lowest BCUT2D eigenvalue weighted by Gasteiger charge is -2.19. The molecular formula is C28H14ClF6N5O2. The van der Waals surface area contributed by atoms with Crippen molar-refractivity contribution in [3.63, 3.8) is 0 Å². The summed E-state index contributed by atoms with van der Waals surface area (Å²) in [6.45, 7) is 0. The number of alkyl halides is 3. The molecule has 5 aromatic rings. The van der Waals surface area contributed by atoms with Crippen LogP contribution in [0.15, 0.2) is 67.1 Å². The minimum atomic E-state index is -4.94. The van der Waals surface area contributed by atoms with Crippen LogP contribution in [-0.2, 0) is 6.18 Å². The minimum Gasteiger partial charge on any atom is -0.341 e. The lowest BCUT2D eigenvalue weighted by atomic mass is 9.92. The van der Waals surface area contributed by atoms with Gasteiger partial charge in [-0.1, -0.05) is 11.6 Å². The molecule has 1 aliphatic rings. The number of fused-ring (bicyclic) bond motifs is 2. The van der Waals surface area contributed by atoms with Crippen LogP contribution in [-0.4, -0.2) is 26.4 Å². The van der Waals surface area contributed by atoms with Gasteiger partial charge < -0.3 is 10.6 Å². The highest BCUT2D eigenvalue weighted by Crippen LogP contribution is 2.42. The molecule has 3 aromatic carbocycles. The SMILES string of the molecule is O=C(Nc1cc(-c2cc3ncnn3cc2F)cc2c1[C@@H](c1cc(F)ccc1Cl)NC2=O)c1cc(F)cc(C(F)(F)F)c1. The Balaban J connectivity index is 1.53. The van der Waals surface area contributed by atoms with Crippen molar-refractivity contribution in [3.8, 4) is 11.1 Å². The van der Waals surface area contributed by atoms with Crippen LogP contribution < -0.4 is 10.6 Å². The molecule has 0 saturated heterocycles. The molecule has 14 heteroatoms.